The van der Waals surface area contributed by atoms with Crippen molar-refractivity contribution in [3.05, 3.63) is 157 Å². The molecule has 1 N–H and O–H groups in total. The number of benzene rings is 5. The Morgan fingerprint density at radius 2 is 1.39 bits per heavy atom. The number of hydrogen-bond donors (Lipinski definition) is 1. The van der Waals surface area contributed by atoms with Gasteiger partial charge in [-0.3, -0.25) is 14.9 Å². The van der Waals surface area contributed by atoms with Crippen LogP contribution in [0.3, 0.4) is 0 Å². The summed E-state index contributed by atoms with van der Waals surface area (Å²) in [5.74, 6) is -0.369. The second-order valence-corrected chi connectivity index (χ2v) is 15.4. The van der Waals surface area contributed by atoms with Crippen LogP contribution in [-0.4, -0.2) is 37.5 Å². The number of amides is 4. The van der Waals surface area contributed by atoms with E-state index in [4.69, 9.17) is 9.47 Å². The minimum Gasteiger partial charge on any atom is -0.490 e. The lowest BCUT2D eigenvalue weighted by Gasteiger charge is -2.44. The quantitative estimate of drug-likeness (QED) is 0.118. The van der Waals surface area contributed by atoms with Crippen LogP contribution in [0.15, 0.2) is 124 Å². The summed E-state index contributed by atoms with van der Waals surface area (Å²) >= 11 is 7.08. The Balaban J connectivity index is 1.19. The van der Waals surface area contributed by atoms with E-state index in [1.54, 1.807) is 12.1 Å². The molecule has 0 radical (unpaired) electrons. The van der Waals surface area contributed by atoms with Crippen molar-refractivity contribution in [2.45, 2.75) is 38.2 Å². The number of imide groups is 2. The Morgan fingerprint density at radius 3 is 1.98 bits per heavy atom. The van der Waals surface area contributed by atoms with Crippen LogP contribution in [-0.2, 0) is 16.2 Å². The molecule has 3 aliphatic heterocycles. The molecule has 4 amide bonds. The third-order valence-electron chi connectivity index (χ3n) is 10.3. The first-order chi connectivity index (χ1) is 26.3. The Labute approximate surface area is 331 Å². The lowest BCUT2D eigenvalue weighted by molar-refractivity contribution is -0.122. The fourth-order valence-corrected chi connectivity index (χ4v) is 8.68. The molecule has 10 heteroatoms. The Hall–Kier alpha value is -5.19. The van der Waals surface area contributed by atoms with Crippen LogP contribution in [0.25, 0.3) is 6.08 Å². The average molecular weight is 848 g/mol. The van der Waals surface area contributed by atoms with Crippen molar-refractivity contribution < 1.29 is 23.9 Å². The molecule has 0 aliphatic carbocycles. The minimum absolute atomic E-state index is 0.0732. The van der Waals surface area contributed by atoms with Crippen molar-refractivity contribution in [1.29, 1.82) is 0 Å². The monoisotopic (exact) mass is 845 g/mol. The van der Waals surface area contributed by atoms with E-state index in [0.717, 1.165) is 52.0 Å². The van der Waals surface area contributed by atoms with Crippen molar-refractivity contribution >= 4 is 67.2 Å². The average Bonchev–Trinajstić information content (AvgIpc) is 3.18. The van der Waals surface area contributed by atoms with E-state index >= 15 is 0 Å². The first-order valence-corrected chi connectivity index (χ1v) is 19.7. The van der Waals surface area contributed by atoms with Crippen molar-refractivity contribution in [2.75, 3.05) is 29.5 Å². The maximum Gasteiger partial charge on any atom is 0.335 e. The van der Waals surface area contributed by atoms with Crippen LogP contribution in [0.5, 0.6) is 11.5 Å². The van der Waals surface area contributed by atoms with Crippen molar-refractivity contribution in [3.63, 3.8) is 0 Å². The predicted molar refractivity (Wildman–Crippen MR) is 217 cm³/mol. The van der Waals surface area contributed by atoms with Gasteiger partial charge in [0, 0.05) is 35.1 Å². The highest BCUT2D eigenvalue weighted by Crippen LogP contribution is 2.50. The molecule has 0 bridgehead atoms. The second kappa shape index (κ2) is 15.3. The summed E-state index contributed by atoms with van der Waals surface area (Å²) in [5.41, 5.74) is 7.46. The summed E-state index contributed by atoms with van der Waals surface area (Å²) < 4.78 is 13.7. The van der Waals surface area contributed by atoms with Gasteiger partial charge in [0.05, 0.1) is 16.8 Å². The lowest BCUT2D eigenvalue weighted by Crippen LogP contribution is -2.54. The van der Waals surface area contributed by atoms with Crippen molar-refractivity contribution in [3.8, 4) is 11.5 Å². The van der Waals surface area contributed by atoms with Gasteiger partial charge in [0.2, 0.25) is 0 Å². The first-order valence-electron chi connectivity index (χ1n) is 18.1. The maximum absolute atomic E-state index is 14.4. The summed E-state index contributed by atoms with van der Waals surface area (Å²) in [7, 11) is 0. The van der Waals surface area contributed by atoms with Crippen LogP contribution >= 0.6 is 31.9 Å². The number of urea groups is 1. The van der Waals surface area contributed by atoms with E-state index in [0.29, 0.717) is 40.4 Å². The Kier molecular flexibility index (Phi) is 10.1. The number of ether oxygens (including phenoxy) is 2. The van der Waals surface area contributed by atoms with Gasteiger partial charge in [-0.15, -0.1) is 0 Å². The van der Waals surface area contributed by atoms with E-state index in [-0.39, 0.29) is 17.4 Å². The van der Waals surface area contributed by atoms with Gasteiger partial charge in [-0.25, -0.2) is 9.69 Å². The van der Waals surface area contributed by atoms with E-state index in [2.05, 4.69) is 66.3 Å². The molecular formula is C44H37Br2N3O5. The molecule has 0 unspecified atom stereocenters. The molecule has 272 valence electrons. The molecule has 3 heterocycles. The molecule has 0 saturated carbocycles. The van der Waals surface area contributed by atoms with Gasteiger partial charge in [-0.05, 0) is 112 Å². The summed E-state index contributed by atoms with van der Waals surface area (Å²) in [5, 5.41) is 2.44. The topological polar surface area (TPSA) is 88.2 Å². The highest BCUT2D eigenvalue weighted by Gasteiger charge is 2.40. The van der Waals surface area contributed by atoms with Gasteiger partial charge >= 0.3 is 6.03 Å². The summed E-state index contributed by atoms with van der Waals surface area (Å²) in [6.07, 6.45) is 3.30. The van der Waals surface area contributed by atoms with Crippen LogP contribution in [0.4, 0.5) is 16.2 Å². The predicted octanol–water partition coefficient (Wildman–Crippen LogP) is 9.73. The fraction of sp³-hybridized carbons (Fsp3) is 0.205. The molecular weight excluding hydrogens is 810 g/mol. The molecule has 0 aromatic heterocycles. The zero-order valence-corrected chi connectivity index (χ0v) is 32.7. The molecule has 0 spiro atoms. The number of nitrogens with zero attached hydrogens (tertiary/aromatic N) is 2. The summed E-state index contributed by atoms with van der Waals surface area (Å²) in [6, 6.07) is 35.3. The molecule has 5 aromatic rings. The zero-order valence-electron chi connectivity index (χ0n) is 29.6. The van der Waals surface area contributed by atoms with E-state index < -0.39 is 17.8 Å². The molecule has 8 rings (SSSR count). The summed E-state index contributed by atoms with van der Waals surface area (Å²) in [6.45, 7) is 4.38. The molecule has 1 fully saturated rings. The number of anilines is 2. The Bertz CT molecular complexity index is 2210. The third-order valence-corrected chi connectivity index (χ3v) is 11.4. The van der Waals surface area contributed by atoms with E-state index in [1.165, 1.54) is 22.9 Å². The largest absolute Gasteiger partial charge is 0.490 e. The van der Waals surface area contributed by atoms with Gasteiger partial charge in [0.1, 0.15) is 12.2 Å². The van der Waals surface area contributed by atoms with Gasteiger partial charge in [-0.1, -0.05) is 88.7 Å². The minimum atomic E-state index is -0.779. The van der Waals surface area contributed by atoms with Crippen LogP contribution in [0.2, 0.25) is 0 Å². The van der Waals surface area contributed by atoms with Gasteiger partial charge in [0.25, 0.3) is 11.8 Å². The number of barbiturate groups is 1. The standard InChI is InChI=1S/C44H37Br2N3O5/c1-2-53-39-23-28(22-38(46)41(39)54-26-27-13-15-31(45)16-14-27)21-37-42(50)47-44(52)49(43(37)51)32-24-35-33(29-9-5-3-6-10-29)17-19-48-20-18-34(36(25-32)40(35)48)30-11-7-4-8-12-30/h3-16,21-25,33-34H,2,17-20,26H2,1H3,(H,47,50,52)/b37-21+/t33-,34+. The Morgan fingerprint density at radius 1 is 0.778 bits per heavy atom. The van der Waals surface area contributed by atoms with E-state index in [9.17, 15) is 14.4 Å². The van der Waals surface area contributed by atoms with Crippen molar-refractivity contribution in [1.82, 2.24) is 5.32 Å². The normalized spacial score (nSPS) is 18.7. The summed E-state index contributed by atoms with van der Waals surface area (Å²) in [4.78, 5) is 45.1. The number of carbonyl (C=O) groups excluding carboxylic acids is 3. The second-order valence-electron chi connectivity index (χ2n) is 13.6. The number of hydrogen-bond acceptors (Lipinski definition) is 6. The number of nitrogens with one attached hydrogen (secondary N) is 1. The first kappa shape index (κ1) is 35.8. The lowest BCUT2D eigenvalue weighted by atomic mass is 9.76. The van der Waals surface area contributed by atoms with Gasteiger partial charge in [0.15, 0.2) is 11.5 Å². The molecule has 2 atom stereocenters. The highest BCUT2D eigenvalue weighted by molar-refractivity contribution is 9.10. The zero-order chi connectivity index (χ0) is 37.3. The van der Waals surface area contributed by atoms with Crippen LogP contribution in [0, 0.1) is 0 Å². The molecule has 54 heavy (non-hydrogen) atoms. The molecule has 3 aliphatic rings. The smallest absolute Gasteiger partial charge is 0.335 e. The molecule has 1 saturated heterocycles. The van der Waals surface area contributed by atoms with Crippen LogP contribution in [0.1, 0.15) is 65.0 Å². The maximum atomic E-state index is 14.4. The van der Waals surface area contributed by atoms with Crippen molar-refractivity contribution in [2.24, 2.45) is 0 Å². The van der Waals surface area contributed by atoms with Crippen LogP contribution < -0.4 is 24.6 Å². The number of rotatable bonds is 9. The molecule has 5 aromatic carbocycles. The molecule has 8 nitrogen and oxygen atoms in total. The SMILES string of the molecule is CCOc1cc(/C=C2\C(=O)NC(=O)N(c3cc4c5c(c3)[C@H](c3ccccc3)CCN5CC[C@@H]4c3ccccc3)C2=O)cc(Br)c1OCc1ccc(Br)cc1. The number of halogens is 2. The highest BCUT2D eigenvalue weighted by atomic mass is 79.9. The van der Waals surface area contributed by atoms with Gasteiger partial charge < -0.3 is 14.4 Å². The third kappa shape index (κ3) is 6.96. The fourth-order valence-electron chi connectivity index (χ4n) is 7.84. The van der Waals surface area contributed by atoms with E-state index in [1.807, 2.05) is 79.7 Å². The van der Waals surface area contributed by atoms with Gasteiger partial charge in [-0.2, -0.15) is 0 Å². The number of carbonyl (C=O) groups is 3.